The van der Waals surface area contributed by atoms with Crippen LogP contribution in [0, 0.1) is 5.92 Å². The second-order valence-electron chi connectivity index (χ2n) is 3.25. The average molecular weight is 171 g/mol. The van der Waals surface area contributed by atoms with Gasteiger partial charge < -0.3 is 4.90 Å². The van der Waals surface area contributed by atoms with E-state index in [2.05, 4.69) is 13.8 Å². The zero-order valence-electron chi connectivity index (χ0n) is 8.76. The van der Waals surface area contributed by atoms with Crippen LogP contribution < -0.4 is 0 Å². The molecule has 12 heavy (non-hydrogen) atoms. The molecule has 1 atom stereocenters. The van der Waals surface area contributed by atoms with Crippen LogP contribution in [0.3, 0.4) is 0 Å². The SMILES string of the molecule is CCC[C@H](CC)C(=O)N(C)CC. The van der Waals surface area contributed by atoms with Crippen molar-refractivity contribution in [2.24, 2.45) is 5.92 Å². The van der Waals surface area contributed by atoms with E-state index in [1.54, 1.807) is 0 Å². The highest BCUT2D eigenvalue weighted by molar-refractivity contribution is 5.78. The fraction of sp³-hybridized carbons (Fsp3) is 0.900. The van der Waals surface area contributed by atoms with E-state index in [9.17, 15) is 4.79 Å². The molecule has 0 radical (unpaired) electrons. The van der Waals surface area contributed by atoms with Crippen molar-refractivity contribution >= 4 is 5.91 Å². The third kappa shape index (κ3) is 3.24. The summed E-state index contributed by atoms with van der Waals surface area (Å²) in [6.07, 6.45) is 3.10. The van der Waals surface area contributed by atoms with Gasteiger partial charge in [0.05, 0.1) is 0 Å². The lowest BCUT2D eigenvalue weighted by atomic mass is 9.99. The third-order valence-electron chi connectivity index (χ3n) is 2.33. The number of nitrogens with zero attached hydrogens (tertiary/aromatic N) is 1. The molecule has 0 N–H and O–H groups in total. The maximum atomic E-state index is 11.6. The zero-order valence-corrected chi connectivity index (χ0v) is 8.76. The van der Waals surface area contributed by atoms with Gasteiger partial charge in [0.2, 0.25) is 5.91 Å². The van der Waals surface area contributed by atoms with Crippen molar-refractivity contribution in [3.8, 4) is 0 Å². The Kier molecular flexibility index (Phi) is 5.77. The minimum absolute atomic E-state index is 0.250. The average Bonchev–Trinajstić information content (AvgIpc) is 2.11. The van der Waals surface area contributed by atoms with Crippen molar-refractivity contribution in [3.05, 3.63) is 0 Å². The summed E-state index contributed by atoms with van der Waals surface area (Å²) >= 11 is 0. The van der Waals surface area contributed by atoms with E-state index in [1.807, 2.05) is 18.9 Å². The molecule has 2 nitrogen and oxygen atoms in total. The van der Waals surface area contributed by atoms with Gasteiger partial charge in [-0.25, -0.2) is 0 Å². The van der Waals surface area contributed by atoms with Gasteiger partial charge in [0, 0.05) is 19.5 Å². The molecule has 0 saturated heterocycles. The van der Waals surface area contributed by atoms with Crippen LogP contribution in [0.2, 0.25) is 0 Å². The summed E-state index contributed by atoms with van der Waals surface area (Å²) in [5.74, 6) is 0.557. The molecule has 0 bridgehead atoms. The van der Waals surface area contributed by atoms with Crippen LogP contribution in [0.1, 0.15) is 40.0 Å². The van der Waals surface area contributed by atoms with Gasteiger partial charge in [-0.3, -0.25) is 4.79 Å². The van der Waals surface area contributed by atoms with Crippen molar-refractivity contribution < 1.29 is 4.79 Å². The first-order chi connectivity index (χ1) is 5.67. The molecule has 0 aromatic rings. The second-order valence-corrected chi connectivity index (χ2v) is 3.25. The van der Waals surface area contributed by atoms with Gasteiger partial charge >= 0.3 is 0 Å². The van der Waals surface area contributed by atoms with E-state index in [0.717, 1.165) is 25.8 Å². The quantitative estimate of drug-likeness (QED) is 0.621. The first kappa shape index (κ1) is 11.5. The van der Waals surface area contributed by atoms with E-state index >= 15 is 0 Å². The summed E-state index contributed by atoms with van der Waals surface area (Å²) in [4.78, 5) is 13.4. The van der Waals surface area contributed by atoms with Crippen LogP contribution in [-0.2, 0) is 4.79 Å². The highest BCUT2D eigenvalue weighted by Gasteiger charge is 2.17. The monoisotopic (exact) mass is 171 g/mol. The predicted molar refractivity (Wildman–Crippen MR) is 52.0 cm³/mol. The Morgan fingerprint density at radius 1 is 1.33 bits per heavy atom. The molecule has 0 aromatic carbocycles. The van der Waals surface area contributed by atoms with E-state index in [-0.39, 0.29) is 5.92 Å². The third-order valence-corrected chi connectivity index (χ3v) is 2.33. The molecule has 0 rings (SSSR count). The number of hydrogen-bond donors (Lipinski definition) is 0. The fourth-order valence-electron chi connectivity index (χ4n) is 1.32. The second kappa shape index (κ2) is 6.04. The molecule has 0 aromatic heterocycles. The number of carbonyl (C=O) groups excluding carboxylic acids is 1. The standard InChI is InChI=1S/C10H21NO/c1-5-8-9(6-2)10(12)11(4)7-3/h9H,5-8H2,1-4H3/t9-/m0/s1. The molecule has 0 aliphatic rings. The Balaban J connectivity index is 4.01. The summed E-state index contributed by atoms with van der Waals surface area (Å²) in [7, 11) is 1.88. The molecule has 72 valence electrons. The van der Waals surface area contributed by atoms with Crippen LogP contribution in [0.4, 0.5) is 0 Å². The molecule has 0 unspecified atom stereocenters. The molecular formula is C10H21NO. The predicted octanol–water partition coefficient (Wildman–Crippen LogP) is 2.29. The highest BCUT2D eigenvalue weighted by atomic mass is 16.2. The Morgan fingerprint density at radius 2 is 1.92 bits per heavy atom. The van der Waals surface area contributed by atoms with Gasteiger partial charge in [0.1, 0.15) is 0 Å². The molecular weight excluding hydrogens is 150 g/mol. The Morgan fingerprint density at radius 3 is 2.25 bits per heavy atom. The van der Waals surface area contributed by atoms with E-state index in [0.29, 0.717) is 5.91 Å². The Hall–Kier alpha value is -0.530. The van der Waals surface area contributed by atoms with Gasteiger partial charge in [-0.1, -0.05) is 20.3 Å². The molecule has 0 heterocycles. The lowest BCUT2D eigenvalue weighted by Crippen LogP contribution is -2.32. The van der Waals surface area contributed by atoms with Crippen molar-refractivity contribution in [1.82, 2.24) is 4.90 Å². The van der Waals surface area contributed by atoms with Gasteiger partial charge in [0.25, 0.3) is 0 Å². The highest BCUT2D eigenvalue weighted by Crippen LogP contribution is 2.13. The van der Waals surface area contributed by atoms with E-state index < -0.39 is 0 Å². The van der Waals surface area contributed by atoms with Gasteiger partial charge in [-0.2, -0.15) is 0 Å². The minimum atomic E-state index is 0.250. The number of rotatable bonds is 5. The Labute approximate surface area is 75.9 Å². The molecule has 0 saturated carbocycles. The maximum absolute atomic E-state index is 11.6. The lowest BCUT2D eigenvalue weighted by Gasteiger charge is -2.21. The van der Waals surface area contributed by atoms with Crippen molar-refractivity contribution in [2.45, 2.75) is 40.0 Å². The number of amides is 1. The van der Waals surface area contributed by atoms with Gasteiger partial charge in [0.15, 0.2) is 0 Å². The normalized spacial score (nSPS) is 12.7. The molecule has 0 fully saturated rings. The van der Waals surface area contributed by atoms with Crippen molar-refractivity contribution in [1.29, 1.82) is 0 Å². The summed E-state index contributed by atoms with van der Waals surface area (Å²) in [5, 5.41) is 0. The first-order valence-corrected chi connectivity index (χ1v) is 4.92. The van der Waals surface area contributed by atoms with E-state index in [4.69, 9.17) is 0 Å². The number of carbonyl (C=O) groups is 1. The minimum Gasteiger partial charge on any atom is -0.346 e. The van der Waals surface area contributed by atoms with Crippen molar-refractivity contribution in [2.75, 3.05) is 13.6 Å². The fourth-order valence-corrected chi connectivity index (χ4v) is 1.32. The largest absolute Gasteiger partial charge is 0.346 e. The Bertz CT molecular complexity index is 134. The molecule has 0 spiro atoms. The number of hydrogen-bond acceptors (Lipinski definition) is 1. The lowest BCUT2D eigenvalue weighted by molar-refractivity contribution is -0.134. The van der Waals surface area contributed by atoms with Crippen LogP contribution >= 0.6 is 0 Å². The summed E-state index contributed by atoms with van der Waals surface area (Å²) in [6.45, 7) is 7.04. The summed E-state index contributed by atoms with van der Waals surface area (Å²) in [6, 6.07) is 0. The topological polar surface area (TPSA) is 20.3 Å². The maximum Gasteiger partial charge on any atom is 0.225 e. The molecule has 1 amide bonds. The van der Waals surface area contributed by atoms with E-state index in [1.165, 1.54) is 0 Å². The van der Waals surface area contributed by atoms with Gasteiger partial charge in [-0.15, -0.1) is 0 Å². The molecule has 0 aliphatic heterocycles. The zero-order chi connectivity index (χ0) is 9.56. The van der Waals surface area contributed by atoms with Crippen molar-refractivity contribution in [3.63, 3.8) is 0 Å². The smallest absolute Gasteiger partial charge is 0.225 e. The summed E-state index contributed by atoms with van der Waals surface area (Å²) < 4.78 is 0. The summed E-state index contributed by atoms with van der Waals surface area (Å²) in [5.41, 5.74) is 0. The van der Waals surface area contributed by atoms with Crippen LogP contribution in [0.5, 0.6) is 0 Å². The van der Waals surface area contributed by atoms with Crippen LogP contribution in [0.25, 0.3) is 0 Å². The van der Waals surface area contributed by atoms with Crippen LogP contribution in [-0.4, -0.2) is 24.4 Å². The molecule has 0 aliphatic carbocycles. The van der Waals surface area contributed by atoms with Crippen LogP contribution in [0.15, 0.2) is 0 Å². The molecule has 2 heteroatoms. The van der Waals surface area contributed by atoms with Gasteiger partial charge in [-0.05, 0) is 19.8 Å². The first-order valence-electron chi connectivity index (χ1n) is 4.92.